The number of rotatable bonds is 5. The Bertz CT molecular complexity index is 1060. The fourth-order valence-electron chi connectivity index (χ4n) is 5.08. The van der Waals surface area contributed by atoms with Gasteiger partial charge in [0.2, 0.25) is 0 Å². The highest BCUT2D eigenvalue weighted by molar-refractivity contribution is 7.15. The molecule has 2 N–H and O–H groups in total. The number of thiazole rings is 1. The first-order valence-corrected chi connectivity index (χ1v) is 17.2. The van der Waals surface area contributed by atoms with E-state index < -0.39 is 8.07 Å². The molecule has 3 aromatic heterocycles. The van der Waals surface area contributed by atoms with Crippen LogP contribution in [0, 0.1) is 6.92 Å². The highest BCUT2D eigenvalue weighted by Crippen LogP contribution is 2.39. The summed E-state index contributed by atoms with van der Waals surface area (Å²) in [6, 6.07) is 3.46. The van der Waals surface area contributed by atoms with Gasteiger partial charge in [-0.25, -0.2) is 9.97 Å². The number of aromatic amines is 1. The third-order valence-corrected chi connectivity index (χ3v) is 9.61. The normalized spacial score (nSPS) is 21.0. The molecule has 34 heavy (non-hydrogen) atoms. The van der Waals surface area contributed by atoms with Crippen molar-refractivity contribution in [1.82, 2.24) is 20.3 Å². The zero-order chi connectivity index (χ0) is 24.2. The van der Waals surface area contributed by atoms with Gasteiger partial charge >= 0.3 is 0 Å². The Kier molecular flexibility index (Phi) is 8.12. The van der Waals surface area contributed by atoms with Gasteiger partial charge in [0.25, 0.3) is 0 Å². The Balaban J connectivity index is 0.000000297. The summed E-state index contributed by atoms with van der Waals surface area (Å²) in [5.74, 6) is 0. The summed E-state index contributed by atoms with van der Waals surface area (Å²) in [5, 5.41) is 6.14. The van der Waals surface area contributed by atoms with Crippen LogP contribution in [0.1, 0.15) is 37.0 Å². The number of methoxy groups -OCH3 is 1. The summed E-state index contributed by atoms with van der Waals surface area (Å²) >= 11 is 1.75. The van der Waals surface area contributed by atoms with Gasteiger partial charge in [0.1, 0.15) is 10.7 Å². The van der Waals surface area contributed by atoms with Gasteiger partial charge in [-0.3, -0.25) is 0 Å². The maximum Gasteiger partial charge on any atom is 0.140 e. The quantitative estimate of drug-likeness (QED) is 0.417. The number of fused-ring (bicyclic) bond motifs is 1. The van der Waals surface area contributed by atoms with Crippen LogP contribution in [0.15, 0.2) is 24.7 Å². The van der Waals surface area contributed by atoms with Gasteiger partial charge in [0.15, 0.2) is 0 Å². The monoisotopic (exact) mass is 499 g/mol. The Hall–Kier alpha value is -1.74. The Morgan fingerprint density at radius 1 is 1.18 bits per heavy atom. The topological polar surface area (TPSA) is 66.1 Å². The van der Waals surface area contributed by atoms with Crippen LogP contribution < -0.4 is 10.2 Å². The third-order valence-electron chi connectivity index (χ3n) is 6.96. The fourth-order valence-corrected chi connectivity index (χ4v) is 6.68. The molecule has 186 valence electrons. The molecule has 3 aromatic rings. The number of anilines is 1. The van der Waals surface area contributed by atoms with Crippen LogP contribution in [0.2, 0.25) is 25.7 Å². The maximum absolute atomic E-state index is 4.95. The van der Waals surface area contributed by atoms with Crippen LogP contribution >= 0.6 is 11.3 Å². The summed E-state index contributed by atoms with van der Waals surface area (Å²) in [4.78, 5) is 16.4. The SMILES string of the molecule is COCC[Si](C)(C)C.Cc1cnc(-c2c[nH]c3nccc(N4CCCC5(CCCCN5)C4)c23)s1. The van der Waals surface area contributed by atoms with E-state index in [1.807, 2.05) is 12.4 Å². The smallest absolute Gasteiger partial charge is 0.140 e. The molecule has 0 amide bonds. The molecule has 0 bridgehead atoms. The van der Waals surface area contributed by atoms with E-state index in [-0.39, 0.29) is 0 Å². The van der Waals surface area contributed by atoms with Gasteiger partial charge in [-0.2, -0.15) is 0 Å². The minimum atomic E-state index is -0.803. The lowest BCUT2D eigenvalue weighted by atomic mass is 9.81. The van der Waals surface area contributed by atoms with Crippen molar-refractivity contribution in [3.63, 3.8) is 0 Å². The maximum atomic E-state index is 4.95. The molecule has 2 saturated heterocycles. The molecule has 6 nitrogen and oxygen atoms in total. The fraction of sp³-hybridized carbons (Fsp3) is 0.615. The Morgan fingerprint density at radius 3 is 2.65 bits per heavy atom. The van der Waals surface area contributed by atoms with E-state index in [0.29, 0.717) is 5.54 Å². The van der Waals surface area contributed by atoms with Crippen molar-refractivity contribution in [3.05, 3.63) is 29.5 Å². The lowest BCUT2D eigenvalue weighted by Crippen LogP contribution is -2.59. The second-order valence-electron chi connectivity index (χ2n) is 11.0. The number of nitrogens with zero attached hydrogens (tertiary/aromatic N) is 3. The molecular formula is C26H41N5OSSi. The van der Waals surface area contributed by atoms with Gasteiger partial charge < -0.3 is 19.9 Å². The highest BCUT2D eigenvalue weighted by atomic mass is 32.1. The summed E-state index contributed by atoms with van der Waals surface area (Å²) < 4.78 is 4.95. The van der Waals surface area contributed by atoms with Gasteiger partial charge in [-0.15, -0.1) is 11.3 Å². The van der Waals surface area contributed by atoms with E-state index in [1.54, 1.807) is 18.4 Å². The molecule has 8 heteroatoms. The van der Waals surface area contributed by atoms with Crippen molar-refractivity contribution in [3.8, 4) is 10.6 Å². The van der Waals surface area contributed by atoms with Crippen molar-refractivity contribution in [2.45, 2.75) is 70.3 Å². The molecule has 2 aliphatic heterocycles. The number of ether oxygens (including phenoxy) is 1. The van der Waals surface area contributed by atoms with Gasteiger partial charge in [-0.1, -0.05) is 26.1 Å². The second-order valence-corrected chi connectivity index (χ2v) is 17.9. The standard InChI is InChI=1S/C20H25N5S.C6H16OSi/c1-14-11-23-19(26-14)15-12-22-18-17(15)16(5-9-21-18)25-10-4-7-20(13-25)6-2-3-8-24-20;1-7-5-6-8(2,3)4/h5,9,11-12,24H,2-4,6-8,10,13H2,1H3,(H,21,22);5-6H2,1-4H3. The lowest BCUT2D eigenvalue weighted by molar-refractivity contribution is 0.214. The third kappa shape index (κ3) is 6.08. The molecular weight excluding hydrogens is 458 g/mol. The zero-order valence-electron chi connectivity index (χ0n) is 21.5. The highest BCUT2D eigenvalue weighted by Gasteiger charge is 2.37. The Labute approximate surface area is 209 Å². The number of hydrogen-bond acceptors (Lipinski definition) is 6. The minimum Gasteiger partial charge on any atom is -0.385 e. The molecule has 0 aromatic carbocycles. The average Bonchev–Trinajstić information content (AvgIpc) is 3.44. The van der Waals surface area contributed by atoms with Crippen LogP contribution in [0.25, 0.3) is 21.6 Å². The number of nitrogens with one attached hydrogen (secondary N) is 2. The van der Waals surface area contributed by atoms with Gasteiger partial charge in [-0.05, 0) is 51.3 Å². The summed E-state index contributed by atoms with van der Waals surface area (Å²) in [6.45, 7) is 13.5. The first kappa shape index (κ1) is 25.4. The van der Waals surface area contributed by atoms with E-state index in [1.165, 1.54) is 59.7 Å². The predicted molar refractivity (Wildman–Crippen MR) is 148 cm³/mol. The zero-order valence-corrected chi connectivity index (χ0v) is 23.4. The van der Waals surface area contributed by atoms with Crippen LogP contribution in [0.4, 0.5) is 5.69 Å². The lowest BCUT2D eigenvalue weighted by Gasteiger charge is -2.47. The van der Waals surface area contributed by atoms with Crippen molar-refractivity contribution in [2.75, 3.05) is 38.3 Å². The van der Waals surface area contributed by atoms with Crippen LogP contribution in [0.3, 0.4) is 0 Å². The van der Waals surface area contributed by atoms with Crippen LogP contribution in [0.5, 0.6) is 0 Å². The van der Waals surface area contributed by atoms with Crippen molar-refractivity contribution in [2.24, 2.45) is 0 Å². The van der Waals surface area contributed by atoms with Crippen LogP contribution in [-0.4, -0.2) is 61.9 Å². The van der Waals surface area contributed by atoms with E-state index in [0.717, 1.165) is 36.9 Å². The van der Waals surface area contributed by atoms with Crippen LogP contribution in [-0.2, 0) is 4.74 Å². The first-order valence-electron chi connectivity index (χ1n) is 12.7. The van der Waals surface area contributed by atoms with E-state index >= 15 is 0 Å². The number of pyridine rings is 1. The largest absolute Gasteiger partial charge is 0.385 e. The van der Waals surface area contributed by atoms with Crippen molar-refractivity contribution >= 4 is 36.1 Å². The van der Waals surface area contributed by atoms with Gasteiger partial charge in [0.05, 0.1) is 11.1 Å². The first-order chi connectivity index (χ1) is 16.3. The second kappa shape index (κ2) is 10.9. The summed E-state index contributed by atoms with van der Waals surface area (Å²) in [7, 11) is 0.961. The number of aryl methyl sites for hydroxylation is 1. The Morgan fingerprint density at radius 2 is 2.00 bits per heavy atom. The summed E-state index contributed by atoms with van der Waals surface area (Å²) in [5.41, 5.74) is 3.73. The molecule has 2 fully saturated rings. The summed E-state index contributed by atoms with van der Waals surface area (Å²) in [6.07, 6.45) is 12.4. The van der Waals surface area contributed by atoms with E-state index in [2.05, 4.69) is 64.0 Å². The molecule has 0 aliphatic carbocycles. The number of hydrogen-bond donors (Lipinski definition) is 2. The van der Waals surface area contributed by atoms with E-state index in [9.17, 15) is 0 Å². The molecule has 0 radical (unpaired) electrons. The van der Waals surface area contributed by atoms with Crippen molar-refractivity contribution in [1.29, 1.82) is 0 Å². The predicted octanol–water partition coefficient (Wildman–Crippen LogP) is 6.08. The molecule has 1 atom stereocenters. The molecule has 1 unspecified atom stereocenters. The number of aromatic nitrogens is 3. The van der Waals surface area contributed by atoms with Crippen molar-refractivity contribution < 1.29 is 4.74 Å². The minimum absolute atomic E-state index is 0.292. The molecule has 5 heterocycles. The number of H-pyrrole nitrogens is 1. The molecule has 2 aliphatic rings. The molecule has 0 saturated carbocycles. The average molecular weight is 500 g/mol. The molecule has 1 spiro atoms. The van der Waals surface area contributed by atoms with E-state index in [4.69, 9.17) is 4.74 Å². The van der Waals surface area contributed by atoms with Gasteiger partial charge in [0, 0.05) is 69.5 Å². The number of piperidine rings is 2. The molecule has 5 rings (SSSR count).